The highest BCUT2D eigenvalue weighted by Gasteiger charge is 2.31. The minimum atomic E-state index is -0.259. The van der Waals surface area contributed by atoms with Crippen LogP contribution in [0.2, 0.25) is 0 Å². The largest absolute Gasteiger partial charge is 0.350 e. The third-order valence-corrected chi connectivity index (χ3v) is 4.96. The van der Waals surface area contributed by atoms with Crippen LogP contribution in [0, 0.1) is 0 Å². The van der Waals surface area contributed by atoms with Crippen molar-refractivity contribution in [3.8, 4) is 0 Å². The first-order valence-electron chi connectivity index (χ1n) is 8.28. The summed E-state index contributed by atoms with van der Waals surface area (Å²) < 4.78 is 2.73. The van der Waals surface area contributed by atoms with Crippen molar-refractivity contribution in [3.05, 3.63) is 34.9 Å². The van der Waals surface area contributed by atoms with E-state index in [1.807, 2.05) is 11.0 Å². The van der Waals surface area contributed by atoms with Gasteiger partial charge in [0.05, 0.1) is 0 Å². The number of pyridine rings is 1. The molecule has 2 aliphatic heterocycles. The molecule has 122 valence electrons. The summed E-state index contributed by atoms with van der Waals surface area (Å²) in [6.45, 7) is 3.64. The predicted octanol–water partition coefficient (Wildman–Crippen LogP) is 0.193. The monoisotopic (exact) mass is 315 g/mol. The predicted molar refractivity (Wildman–Crippen MR) is 85.2 cm³/mol. The molecule has 4 rings (SSSR count). The van der Waals surface area contributed by atoms with Crippen LogP contribution in [-0.2, 0) is 11.3 Å². The maximum atomic E-state index is 12.6. The number of carbonyl (C=O) groups excluding carboxylic acids is 1. The Hall–Kier alpha value is -2.15. The van der Waals surface area contributed by atoms with E-state index in [4.69, 9.17) is 0 Å². The van der Waals surface area contributed by atoms with Gasteiger partial charge in [0.1, 0.15) is 6.54 Å². The zero-order valence-corrected chi connectivity index (χ0v) is 13.1. The molecule has 0 spiro atoms. The van der Waals surface area contributed by atoms with E-state index < -0.39 is 0 Å². The number of nitrogens with zero attached hydrogens (tertiary/aromatic N) is 5. The van der Waals surface area contributed by atoms with Crippen LogP contribution in [-0.4, -0.2) is 62.1 Å². The van der Waals surface area contributed by atoms with E-state index in [9.17, 15) is 9.59 Å². The molecule has 1 atom stereocenters. The molecule has 0 aromatic carbocycles. The van der Waals surface area contributed by atoms with Crippen molar-refractivity contribution in [1.29, 1.82) is 0 Å². The molecule has 0 unspecified atom stereocenters. The number of carbonyl (C=O) groups is 1. The van der Waals surface area contributed by atoms with E-state index in [1.54, 1.807) is 18.3 Å². The molecule has 4 heterocycles. The molecule has 0 bridgehead atoms. The van der Waals surface area contributed by atoms with Gasteiger partial charge in [0, 0.05) is 31.9 Å². The number of rotatable bonds is 2. The summed E-state index contributed by atoms with van der Waals surface area (Å²) in [6, 6.07) is 5.86. The van der Waals surface area contributed by atoms with Crippen molar-refractivity contribution in [1.82, 2.24) is 24.0 Å². The number of hydrogen-bond acceptors (Lipinski definition) is 4. The van der Waals surface area contributed by atoms with Gasteiger partial charge in [-0.25, -0.2) is 9.48 Å². The molecule has 0 saturated carbocycles. The molecule has 2 saturated heterocycles. The first-order valence-corrected chi connectivity index (χ1v) is 8.28. The topological polar surface area (TPSA) is 62.9 Å². The number of fused-ring (bicyclic) bond motifs is 2. The van der Waals surface area contributed by atoms with Gasteiger partial charge in [0.15, 0.2) is 5.65 Å². The highest BCUT2D eigenvalue weighted by Crippen LogP contribution is 2.21. The van der Waals surface area contributed by atoms with Crippen molar-refractivity contribution in [2.24, 2.45) is 0 Å². The fourth-order valence-electron chi connectivity index (χ4n) is 3.68. The summed E-state index contributed by atoms with van der Waals surface area (Å²) in [4.78, 5) is 29.2. The Morgan fingerprint density at radius 2 is 2.13 bits per heavy atom. The molecular weight excluding hydrogens is 294 g/mol. The minimum absolute atomic E-state index is 0.0132. The lowest BCUT2D eigenvalue weighted by atomic mass is 9.99. The summed E-state index contributed by atoms with van der Waals surface area (Å²) in [5, 5.41) is 4.24. The SMILES string of the molecule is O=C(Cn1nc2ccccn2c1=O)N1CCN2CCCC[C@H]2C1. The van der Waals surface area contributed by atoms with Crippen LogP contribution in [0.25, 0.3) is 5.65 Å². The van der Waals surface area contributed by atoms with Crippen LogP contribution >= 0.6 is 0 Å². The standard InChI is InChI=1S/C16H21N5O2/c22-15(19-10-9-18-7-3-1-5-13(18)11-19)12-21-16(23)20-8-4-2-6-14(20)17-21/h2,4,6,8,13H,1,3,5,7,9-12H2/t13-/m0/s1. The fourth-order valence-corrected chi connectivity index (χ4v) is 3.68. The number of hydrogen-bond donors (Lipinski definition) is 0. The lowest BCUT2D eigenvalue weighted by molar-refractivity contribution is -0.135. The van der Waals surface area contributed by atoms with E-state index in [0.29, 0.717) is 11.7 Å². The van der Waals surface area contributed by atoms with E-state index in [2.05, 4.69) is 10.00 Å². The van der Waals surface area contributed by atoms with Crippen LogP contribution in [0.15, 0.2) is 29.2 Å². The first kappa shape index (κ1) is 14.4. The van der Waals surface area contributed by atoms with Gasteiger partial charge in [0.2, 0.25) is 5.91 Å². The average Bonchev–Trinajstić information content (AvgIpc) is 2.91. The Kier molecular flexibility index (Phi) is 3.65. The molecule has 7 nitrogen and oxygen atoms in total. The molecule has 2 aliphatic rings. The van der Waals surface area contributed by atoms with Crippen LogP contribution in [0.1, 0.15) is 19.3 Å². The van der Waals surface area contributed by atoms with Crippen molar-refractivity contribution in [2.45, 2.75) is 31.8 Å². The van der Waals surface area contributed by atoms with E-state index >= 15 is 0 Å². The second kappa shape index (κ2) is 5.81. The quantitative estimate of drug-likeness (QED) is 0.794. The van der Waals surface area contributed by atoms with Crippen LogP contribution in [0.4, 0.5) is 0 Å². The van der Waals surface area contributed by atoms with Crippen LogP contribution < -0.4 is 5.69 Å². The number of aromatic nitrogens is 3. The normalized spacial score (nSPS) is 22.3. The Morgan fingerprint density at radius 1 is 1.22 bits per heavy atom. The fraction of sp³-hybridized carbons (Fsp3) is 0.562. The van der Waals surface area contributed by atoms with Crippen molar-refractivity contribution in [2.75, 3.05) is 26.2 Å². The number of piperazine rings is 1. The van der Waals surface area contributed by atoms with Crippen molar-refractivity contribution in [3.63, 3.8) is 0 Å². The zero-order chi connectivity index (χ0) is 15.8. The summed E-state index contributed by atoms with van der Waals surface area (Å²) in [5.41, 5.74) is 0.313. The third-order valence-electron chi connectivity index (χ3n) is 4.96. The zero-order valence-electron chi connectivity index (χ0n) is 13.1. The number of amides is 1. The highest BCUT2D eigenvalue weighted by atomic mass is 16.2. The summed E-state index contributed by atoms with van der Waals surface area (Å²) >= 11 is 0. The van der Waals surface area contributed by atoms with Gasteiger partial charge in [0.25, 0.3) is 0 Å². The van der Waals surface area contributed by atoms with E-state index in [-0.39, 0.29) is 18.1 Å². The van der Waals surface area contributed by atoms with Crippen LogP contribution in [0.5, 0.6) is 0 Å². The molecule has 2 fully saturated rings. The lowest BCUT2D eigenvalue weighted by Crippen LogP contribution is -2.56. The maximum absolute atomic E-state index is 12.6. The minimum Gasteiger partial charge on any atom is -0.338 e. The summed E-state index contributed by atoms with van der Waals surface area (Å²) in [5.74, 6) is -0.0132. The summed E-state index contributed by atoms with van der Waals surface area (Å²) in [7, 11) is 0. The van der Waals surface area contributed by atoms with E-state index in [1.165, 1.54) is 21.9 Å². The average molecular weight is 315 g/mol. The Labute approximate surface area is 134 Å². The first-order chi connectivity index (χ1) is 11.2. The van der Waals surface area contributed by atoms with Crippen molar-refractivity contribution >= 4 is 11.6 Å². The smallest absolute Gasteiger partial charge is 0.338 e. The van der Waals surface area contributed by atoms with Crippen molar-refractivity contribution < 1.29 is 4.79 Å². The molecular formula is C16H21N5O2. The van der Waals surface area contributed by atoms with E-state index in [0.717, 1.165) is 32.6 Å². The van der Waals surface area contributed by atoms with Gasteiger partial charge < -0.3 is 4.90 Å². The lowest BCUT2D eigenvalue weighted by Gasteiger charge is -2.44. The summed E-state index contributed by atoms with van der Waals surface area (Å²) in [6.07, 6.45) is 5.35. The molecule has 0 aliphatic carbocycles. The Balaban J connectivity index is 1.49. The maximum Gasteiger partial charge on any atom is 0.350 e. The van der Waals surface area contributed by atoms with Gasteiger partial charge in [-0.05, 0) is 31.5 Å². The Bertz CT molecular complexity index is 780. The molecule has 23 heavy (non-hydrogen) atoms. The molecule has 2 aromatic rings. The van der Waals surface area contributed by atoms with Gasteiger partial charge in [-0.2, -0.15) is 0 Å². The molecule has 0 N–H and O–H groups in total. The molecule has 1 amide bonds. The molecule has 0 radical (unpaired) electrons. The van der Waals surface area contributed by atoms with Gasteiger partial charge >= 0.3 is 5.69 Å². The Morgan fingerprint density at radius 3 is 3.00 bits per heavy atom. The van der Waals surface area contributed by atoms with Gasteiger partial charge in [-0.3, -0.25) is 14.1 Å². The number of piperidine rings is 1. The van der Waals surface area contributed by atoms with Crippen LogP contribution in [0.3, 0.4) is 0 Å². The second-order valence-corrected chi connectivity index (χ2v) is 6.39. The third kappa shape index (κ3) is 2.65. The molecule has 7 heteroatoms. The second-order valence-electron chi connectivity index (χ2n) is 6.39. The van der Waals surface area contributed by atoms with Gasteiger partial charge in [-0.15, -0.1) is 5.10 Å². The van der Waals surface area contributed by atoms with Gasteiger partial charge in [-0.1, -0.05) is 12.5 Å². The highest BCUT2D eigenvalue weighted by molar-refractivity contribution is 5.76. The molecule has 2 aromatic heterocycles.